The maximum atomic E-state index is 11.1. The molecule has 0 aliphatic rings. The summed E-state index contributed by atoms with van der Waals surface area (Å²) < 4.78 is 14.7. The fourth-order valence-corrected chi connectivity index (χ4v) is 1.54. The molecule has 0 unspecified atom stereocenters. The van der Waals surface area contributed by atoms with Crippen molar-refractivity contribution in [1.29, 1.82) is 0 Å². The summed E-state index contributed by atoms with van der Waals surface area (Å²) in [4.78, 5) is 11.1. The van der Waals surface area contributed by atoms with Crippen LogP contribution in [0.5, 0.6) is 5.95 Å². The van der Waals surface area contributed by atoms with E-state index < -0.39 is 6.16 Å². The number of ether oxygens (including phenoxy) is 2. The number of hydrogen-bond donors (Lipinski definition) is 1. The molecule has 0 bridgehead atoms. The van der Waals surface area contributed by atoms with Crippen molar-refractivity contribution in [1.82, 2.24) is 0 Å². The number of halogens is 1. The highest BCUT2D eigenvalue weighted by Crippen LogP contribution is 2.35. The van der Waals surface area contributed by atoms with E-state index in [0.717, 1.165) is 0 Å². The molecule has 0 amide bonds. The summed E-state index contributed by atoms with van der Waals surface area (Å²) in [5.74, 6) is -0.0827. The summed E-state index contributed by atoms with van der Waals surface area (Å²) in [5, 5.41) is 1.12. The number of nitrogens with two attached hydrogens (primary N) is 1. The first-order valence-corrected chi connectivity index (χ1v) is 5.31. The number of carbonyl (C=O) groups excluding carboxylic acids is 1. The van der Waals surface area contributed by atoms with Gasteiger partial charge in [-0.2, -0.15) is 0 Å². The Hall–Kier alpha value is -1.88. The van der Waals surface area contributed by atoms with Crippen molar-refractivity contribution in [3.63, 3.8) is 0 Å². The van der Waals surface area contributed by atoms with Crippen molar-refractivity contribution in [3.8, 4) is 5.95 Å². The number of hydrogen-bond acceptors (Lipinski definition) is 5. The average molecular weight is 256 g/mol. The second kappa shape index (κ2) is 4.55. The fourth-order valence-electron chi connectivity index (χ4n) is 1.37. The van der Waals surface area contributed by atoms with E-state index in [-0.39, 0.29) is 18.2 Å². The van der Waals surface area contributed by atoms with Crippen LogP contribution >= 0.6 is 11.6 Å². The Morgan fingerprint density at radius 3 is 3.00 bits per heavy atom. The van der Waals surface area contributed by atoms with E-state index in [1.165, 1.54) is 0 Å². The minimum Gasteiger partial charge on any atom is -0.434 e. The van der Waals surface area contributed by atoms with Gasteiger partial charge >= 0.3 is 12.1 Å². The van der Waals surface area contributed by atoms with E-state index in [1.54, 1.807) is 25.1 Å². The lowest BCUT2D eigenvalue weighted by Gasteiger charge is -2.00. The van der Waals surface area contributed by atoms with Gasteiger partial charge < -0.3 is 19.6 Å². The molecule has 5 nitrogen and oxygen atoms in total. The molecule has 1 heterocycles. The maximum Gasteiger partial charge on any atom is 0.516 e. The first kappa shape index (κ1) is 11.6. The summed E-state index contributed by atoms with van der Waals surface area (Å²) in [6.07, 6.45) is -0.857. The third-order valence-electron chi connectivity index (χ3n) is 2.09. The van der Waals surface area contributed by atoms with Crippen LogP contribution in [-0.2, 0) is 4.74 Å². The first-order chi connectivity index (χ1) is 8.11. The highest BCUT2D eigenvalue weighted by atomic mass is 35.5. The minimum absolute atomic E-state index is 0.0827. The highest BCUT2D eigenvalue weighted by molar-refractivity contribution is 6.31. The van der Waals surface area contributed by atoms with Gasteiger partial charge in [-0.15, -0.1) is 0 Å². The molecule has 0 radical (unpaired) electrons. The summed E-state index contributed by atoms with van der Waals surface area (Å²) in [5.41, 5.74) is 6.48. The lowest BCUT2D eigenvalue weighted by atomic mass is 10.2. The standard InChI is InChI=1S/C11H10ClNO4/c1-2-15-11(14)17-10-9(13)7-5-6(12)3-4-8(7)16-10/h3-5H,2,13H2,1H3. The molecule has 0 atom stereocenters. The second-order valence-electron chi connectivity index (χ2n) is 3.23. The summed E-state index contributed by atoms with van der Waals surface area (Å²) >= 11 is 5.83. The number of fused-ring (bicyclic) bond motifs is 1. The molecule has 17 heavy (non-hydrogen) atoms. The number of furan rings is 1. The van der Waals surface area contributed by atoms with Crippen LogP contribution < -0.4 is 10.5 Å². The Morgan fingerprint density at radius 2 is 2.29 bits per heavy atom. The minimum atomic E-state index is -0.857. The van der Waals surface area contributed by atoms with Gasteiger partial charge in [0, 0.05) is 10.4 Å². The van der Waals surface area contributed by atoms with Crippen LogP contribution in [0.15, 0.2) is 22.6 Å². The van der Waals surface area contributed by atoms with Crippen LogP contribution in [0, 0.1) is 0 Å². The lowest BCUT2D eigenvalue weighted by Crippen LogP contribution is -2.10. The van der Waals surface area contributed by atoms with Gasteiger partial charge in [0.15, 0.2) is 0 Å². The molecule has 2 N–H and O–H groups in total. The largest absolute Gasteiger partial charge is 0.516 e. The summed E-state index contributed by atoms with van der Waals surface area (Å²) in [7, 11) is 0. The molecule has 1 aromatic heterocycles. The number of rotatable bonds is 2. The van der Waals surface area contributed by atoms with Crippen LogP contribution in [0.1, 0.15) is 6.92 Å². The van der Waals surface area contributed by atoms with Crippen LogP contribution in [0.3, 0.4) is 0 Å². The molecule has 0 fully saturated rings. The molecule has 0 aliphatic heterocycles. The van der Waals surface area contributed by atoms with Gasteiger partial charge in [-0.1, -0.05) is 11.6 Å². The van der Waals surface area contributed by atoms with E-state index in [9.17, 15) is 4.79 Å². The van der Waals surface area contributed by atoms with Gasteiger partial charge in [0.25, 0.3) is 0 Å². The van der Waals surface area contributed by atoms with Crippen LogP contribution in [0.25, 0.3) is 11.0 Å². The molecule has 2 aromatic rings. The third-order valence-corrected chi connectivity index (χ3v) is 2.33. The first-order valence-electron chi connectivity index (χ1n) is 4.94. The Bertz CT molecular complexity index is 564. The van der Waals surface area contributed by atoms with Crippen LogP contribution in [0.4, 0.5) is 10.5 Å². The highest BCUT2D eigenvalue weighted by Gasteiger charge is 2.16. The van der Waals surface area contributed by atoms with E-state index in [1.807, 2.05) is 0 Å². The lowest BCUT2D eigenvalue weighted by molar-refractivity contribution is 0.0960. The van der Waals surface area contributed by atoms with Gasteiger partial charge in [0.2, 0.25) is 0 Å². The summed E-state index contributed by atoms with van der Waals surface area (Å²) in [6, 6.07) is 4.93. The zero-order chi connectivity index (χ0) is 12.4. The molecular weight excluding hydrogens is 246 g/mol. The van der Waals surface area contributed by atoms with Gasteiger partial charge in [0.1, 0.15) is 11.3 Å². The van der Waals surface area contributed by atoms with Gasteiger partial charge in [-0.25, -0.2) is 4.79 Å². The van der Waals surface area contributed by atoms with E-state index >= 15 is 0 Å². The van der Waals surface area contributed by atoms with Gasteiger partial charge in [0.05, 0.1) is 6.61 Å². The molecule has 2 rings (SSSR count). The Morgan fingerprint density at radius 1 is 1.53 bits per heavy atom. The average Bonchev–Trinajstić information content (AvgIpc) is 2.57. The quantitative estimate of drug-likeness (QED) is 0.834. The Balaban J connectivity index is 2.35. The summed E-state index contributed by atoms with van der Waals surface area (Å²) in [6.45, 7) is 1.88. The van der Waals surface area contributed by atoms with Crippen molar-refractivity contribution < 1.29 is 18.7 Å². The molecule has 6 heteroatoms. The van der Waals surface area contributed by atoms with Crippen LogP contribution in [-0.4, -0.2) is 12.8 Å². The Kier molecular flexibility index (Phi) is 3.10. The zero-order valence-electron chi connectivity index (χ0n) is 9.03. The molecule has 0 aliphatic carbocycles. The predicted molar refractivity (Wildman–Crippen MR) is 63.3 cm³/mol. The molecule has 0 saturated carbocycles. The van der Waals surface area contributed by atoms with Crippen molar-refractivity contribution in [2.24, 2.45) is 0 Å². The van der Waals surface area contributed by atoms with E-state index in [4.69, 9.17) is 26.5 Å². The predicted octanol–water partition coefficient (Wildman–Crippen LogP) is 3.20. The van der Waals surface area contributed by atoms with Crippen LogP contribution in [0.2, 0.25) is 5.02 Å². The van der Waals surface area contributed by atoms with Gasteiger partial charge in [-0.05, 0) is 25.1 Å². The second-order valence-corrected chi connectivity index (χ2v) is 3.67. The van der Waals surface area contributed by atoms with Crippen molar-refractivity contribution in [3.05, 3.63) is 23.2 Å². The smallest absolute Gasteiger partial charge is 0.434 e. The van der Waals surface area contributed by atoms with E-state index in [0.29, 0.717) is 16.0 Å². The third kappa shape index (κ3) is 2.29. The molecule has 0 spiro atoms. The van der Waals surface area contributed by atoms with Crippen molar-refractivity contribution in [2.75, 3.05) is 12.3 Å². The fraction of sp³-hybridized carbons (Fsp3) is 0.182. The number of nitrogen functional groups attached to an aromatic ring is 1. The van der Waals surface area contributed by atoms with E-state index in [2.05, 4.69) is 4.74 Å². The Labute approximate surface area is 102 Å². The molecular formula is C11H10ClNO4. The molecule has 0 saturated heterocycles. The van der Waals surface area contributed by atoms with Crippen molar-refractivity contribution in [2.45, 2.75) is 6.92 Å². The number of carbonyl (C=O) groups is 1. The number of benzene rings is 1. The molecule has 1 aromatic carbocycles. The SMILES string of the molecule is CCOC(=O)Oc1oc2ccc(Cl)cc2c1N. The monoisotopic (exact) mass is 255 g/mol. The zero-order valence-corrected chi connectivity index (χ0v) is 9.78. The van der Waals surface area contributed by atoms with Crippen molar-refractivity contribution >= 4 is 34.4 Å². The normalized spacial score (nSPS) is 10.5. The molecule has 90 valence electrons. The number of anilines is 1. The topological polar surface area (TPSA) is 74.7 Å². The van der Waals surface area contributed by atoms with Gasteiger partial charge in [-0.3, -0.25) is 0 Å². The maximum absolute atomic E-state index is 11.1.